The number of nitrogens with zero attached hydrogens (tertiary/aromatic N) is 2. The first-order valence-electron chi connectivity index (χ1n) is 6.22. The maximum Gasteiger partial charge on any atom is 0.335 e. The summed E-state index contributed by atoms with van der Waals surface area (Å²) < 4.78 is 20.6. The molecule has 0 atom stereocenters. The lowest BCUT2D eigenvalue weighted by atomic mass is 10.2. The van der Waals surface area contributed by atoms with Crippen molar-refractivity contribution in [2.45, 2.75) is 6.61 Å². The molecular weight excluding hydrogens is 275 g/mol. The molecule has 0 saturated carbocycles. The number of aromatic nitrogens is 2. The standard InChI is InChI=1S/C15H11FN2O3/c16-13-5-2-6-18-8-11(17-14(13)18)9-21-12-4-1-3-10(7-12)15(19)20/h1-8H,9H2,(H,19,20). The predicted molar refractivity (Wildman–Crippen MR) is 72.9 cm³/mol. The van der Waals surface area contributed by atoms with Crippen molar-refractivity contribution in [1.82, 2.24) is 9.38 Å². The molecular formula is C15H11FN2O3. The molecule has 3 aromatic rings. The van der Waals surface area contributed by atoms with Gasteiger partial charge in [-0.1, -0.05) is 6.07 Å². The van der Waals surface area contributed by atoms with Crippen LogP contribution in [0.4, 0.5) is 4.39 Å². The van der Waals surface area contributed by atoms with Gasteiger partial charge in [0.25, 0.3) is 0 Å². The van der Waals surface area contributed by atoms with E-state index in [9.17, 15) is 9.18 Å². The maximum absolute atomic E-state index is 13.5. The van der Waals surface area contributed by atoms with E-state index in [1.54, 1.807) is 35.0 Å². The number of fused-ring (bicyclic) bond motifs is 1. The van der Waals surface area contributed by atoms with E-state index in [0.717, 1.165) is 0 Å². The highest BCUT2D eigenvalue weighted by Crippen LogP contribution is 2.16. The Morgan fingerprint density at radius 3 is 2.95 bits per heavy atom. The molecule has 0 amide bonds. The van der Waals surface area contributed by atoms with Crippen molar-refractivity contribution >= 4 is 11.6 Å². The van der Waals surface area contributed by atoms with Crippen molar-refractivity contribution < 1.29 is 19.0 Å². The number of benzene rings is 1. The number of carboxylic acid groups (broad SMARTS) is 1. The second-order valence-electron chi connectivity index (χ2n) is 4.44. The molecule has 0 aliphatic rings. The van der Waals surface area contributed by atoms with Crippen LogP contribution in [0.15, 0.2) is 48.8 Å². The number of carbonyl (C=O) groups is 1. The van der Waals surface area contributed by atoms with E-state index in [-0.39, 0.29) is 17.8 Å². The van der Waals surface area contributed by atoms with Crippen LogP contribution in [0.2, 0.25) is 0 Å². The summed E-state index contributed by atoms with van der Waals surface area (Å²) in [4.78, 5) is 15.0. The largest absolute Gasteiger partial charge is 0.487 e. The summed E-state index contributed by atoms with van der Waals surface area (Å²) in [7, 11) is 0. The zero-order valence-electron chi connectivity index (χ0n) is 10.9. The first kappa shape index (κ1) is 13.1. The van der Waals surface area contributed by atoms with Crippen molar-refractivity contribution in [2.24, 2.45) is 0 Å². The van der Waals surface area contributed by atoms with Gasteiger partial charge < -0.3 is 14.2 Å². The molecule has 0 unspecified atom stereocenters. The molecule has 106 valence electrons. The molecule has 0 bridgehead atoms. The third-order valence-electron chi connectivity index (χ3n) is 2.95. The molecule has 0 spiro atoms. The van der Waals surface area contributed by atoms with E-state index in [0.29, 0.717) is 11.4 Å². The number of hydrogen-bond acceptors (Lipinski definition) is 3. The second kappa shape index (κ2) is 5.24. The fourth-order valence-corrected chi connectivity index (χ4v) is 1.98. The zero-order chi connectivity index (χ0) is 14.8. The van der Waals surface area contributed by atoms with Crippen LogP contribution >= 0.6 is 0 Å². The molecule has 3 rings (SSSR count). The van der Waals surface area contributed by atoms with E-state index < -0.39 is 11.8 Å². The molecule has 0 radical (unpaired) electrons. The van der Waals surface area contributed by atoms with Crippen molar-refractivity contribution in [2.75, 3.05) is 0 Å². The zero-order valence-corrected chi connectivity index (χ0v) is 10.9. The summed E-state index contributed by atoms with van der Waals surface area (Å²) in [6.45, 7) is 0.129. The van der Waals surface area contributed by atoms with Crippen molar-refractivity contribution in [1.29, 1.82) is 0 Å². The van der Waals surface area contributed by atoms with Gasteiger partial charge >= 0.3 is 5.97 Å². The minimum Gasteiger partial charge on any atom is -0.487 e. The van der Waals surface area contributed by atoms with Crippen LogP contribution in [0.1, 0.15) is 16.1 Å². The smallest absolute Gasteiger partial charge is 0.335 e. The van der Waals surface area contributed by atoms with E-state index in [4.69, 9.17) is 9.84 Å². The van der Waals surface area contributed by atoms with Crippen LogP contribution in [0.25, 0.3) is 5.65 Å². The van der Waals surface area contributed by atoms with Gasteiger partial charge in [0.05, 0.1) is 11.3 Å². The van der Waals surface area contributed by atoms with Gasteiger partial charge in [-0.3, -0.25) is 0 Å². The predicted octanol–water partition coefficient (Wildman–Crippen LogP) is 2.75. The quantitative estimate of drug-likeness (QED) is 0.801. The number of imidazole rings is 1. The van der Waals surface area contributed by atoms with Crippen LogP contribution in [-0.2, 0) is 6.61 Å². The Balaban J connectivity index is 1.78. The Kier molecular flexibility index (Phi) is 3.27. The Morgan fingerprint density at radius 2 is 2.19 bits per heavy atom. The van der Waals surface area contributed by atoms with E-state index in [2.05, 4.69) is 4.98 Å². The molecule has 2 aromatic heterocycles. The lowest BCUT2D eigenvalue weighted by Gasteiger charge is -2.04. The number of halogens is 1. The van der Waals surface area contributed by atoms with Crippen molar-refractivity contribution in [3.63, 3.8) is 0 Å². The topological polar surface area (TPSA) is 63.8 Å². The SMILES string of the molecule is O=C(O)c1cccc(OCc2cn3cccc(F)c3n2)c1. The van der Waals surface area contributed by atoms with Crippen molar-refractivity contribution in [3.8, 4) is 5.75 Å². The summed E-state index contributed by atoms with van der Waals surface area (Å²) >= 11 is 0. The Labute approximate surface area is 119 Å². The average molecular weight is 286 g/mol. The number of aromatic carboxylic acids is 1. The van der Waals surface area contributed by atoms with Gasteiger partial charge in [0.15, 0.2) is 11.5 Å². The number of ether oxygens (including phenoxy) is 1. The first-order chi connectivity index (χ1) is 10.1. The second-order valence-corrected chi connectivity index (χ2v) is 4.44. The third kappa shape index (κ3) is 2.69. The van der Waals surface area contributed by atoms with Gasteiger partial charge in [0, 0.05) is 12.4 Å². The Hall–Kier alpha value is -2.89. The highest BCUT2D eigenvalue weighted by Gasteiger charge is 2.08. The van der Waals surface area contributed by atoms with Crippen LogP contribution in [0.3, 0.4) is 0 Å². The molecule has 6 heteroatoms. The van der Waals surface area contributed by atoms with E-state index >= 15 is 0 Å². The summed E-state index contributed by atoms with van der Waals surface area (Å²) in [6, 6.07) is 9.09. The van der Waals surface area contributed by atoms with Gasteiger partial charge in [-0.2, -0.15) is 0 Å². The van der Waals surface area contributed by atoms with Gasteiger partial charge in [0.2, 0.25) is 0 Å². The molecule has 2 heterocycles. The van der Waals surface area contributed by atoms with E-state index in [1.165, 1.54) is 18.2 Å². The normalized spacial score (nSPS) is 10.7. The summed E-state index contributed by atoms with van der Waals surface area (Å²) in [6.07, 6.45) is 3.36. The Morgan fingerprint density at radius 1 is 1.33 bits per heavy atom. The van der Waals surface area contributed by atoms with Crippen LogP contribution < -0.4 is 4.74 Å². The van der Waals surface area contributed by atoms with Gasteiger partial charge in [-0.05, 0) is 30.3 Å². The number of hydrogen-bond donors (Lipinski definition) is 1. The maximum atomic E-state index is 13.5. The fourth-order valence-electron chi connectivity index (χ4n) is 1.98. The van der Waals surface area contributed by atoms with Gasteiger partial charge in [0.1, 0.15) is 12.4 Å². The molecule has 0 saturated heterocycles. The third-order valence-corrected chi connectivity index (χ3v) is 2.95. The lowest BCUT2D eigenvalue weighted by molar-refractivity contribution is 0.0696. The molecule has 21 heavy (non-hydrogen) atoms. The van der Waals surface area contributed by atoms with Gasteiger partial charge in [-0.15, -0.1) is 0 Å². The van der Waals surface area contributed by atoms with Crippen LogP contribution in [-0.4, -0.2) is 20.5 Å². The highest BCUT2D eigenvalue weighted by molar-refractivity contribution is 5.87. The minimum atomic E-state index is -1.02. The van der Waals surface area contributed by atoms with Crippen LogP contribution in [0.5, 0.6) is 5.75 Å². The molecule has 0 aliphatic carbocycles. The molecule has 0 fully saturated rings. The highest BCUT2D eigenvalue weighted by atomic mass is 19.1. The van der Waals surface area contributed by atoms with Crippen LogP contribution in [0, 0.1) is 5.82 Å². The number of rotatable bonds is 4. The number of carboxylic acids is 1. The fraction of sp³-hybridized carbons (Fsp3) is 0.0667. The first-order valence-corrected chi connectivity index (χ1v) is 6.22. The molecule has 1 aromatic carbocycles. The molecule has 5 nitrogen and oxygen atoms in total. The average Bonchev–Trinajstić information content (AvgIpc) is 2.90. The van der Waals surface area contributed by atoms with Gasteiger partial charge in [-0.25, -0.2) is 14.2 Å². The molecule has 0 aliphatic heterocycles. The summed E-state index contributed by atoms with van der Waals surface area (Å²) in [5, 5.41) is 8.91. The summed E-state index contributed by atoms with van der Waals surface area (Å²) in [5.41, 5.74) is 0.935. The monoisotopic (exact) mass is 286 g/mol. The minimum absolute atomic E-state index is 0.129. The lowest BCUT2D eigenvalue weighted by Crippen LogP contribution is -1.99. The summed E-state index contributed by atoms with van der Waals surface area (Å²) in [5.74, 6) is -1.00. The van der Waals surface area contributed by atoms with Crippen molar-refractivity contribution in [3.05, 3.63) is 65.9 Å². The number of pyridine rings is 1. The van der Waals surface area contributed by atoms with E-state index in [1.807, 2.05) is 0 Å². The Bertz CT molecular complexity index is 814. The molecule has 1 N–H and O–H groups in total.